The minimum Gasteiger partial charge on any atom is -0.482 e. The van der Waals surface area contributed by atoms with E-state index in [9.17, 15) is 4.79 Å². The molecule has 88 valence electrons. The molecule has 2 N–H and O–H groups in total. The maximum Gasteiger partial charge on any atom is 0.344 e. The Balaban J connectivity index is 2.54. The summed E-state index contributed by atoms with van der Waals surface area (Å²) in [5.74, 6) is 0.261. The molecule has 0 spiro atoms. The second-order valence-electron chi connectivity index (χ2n) is 3.45. The van der Waals surface area contributed by atoms with Crippen LogP contribution in [0.25, 0.3) is 0 Å². The van der Waals surface area contributed by atoms with Crippen LogP contribution in [0.15, 0.2) is 24.3 Å². The molecule has 0 bridgehead atoms. The van der Waals surface area contributed by atoms with Gasteiger partial charge in [0.2, 0.25) is 0 Å². The highest BCUT2D eigenvalue weighted by molar-refractivity contribution is 5.71. The molecule has 1 aromatic rings. The average Bonchev–Trinajstić information content (AvgIpc) is 2.27. The molecule has 0 saturated carbocycles. The molecule has 0 saturated heterocycles. The minimum atomic E-state index is -0.367. The van der Waals surface area contributed by atoms with Gasteiger partial charge in [0.05, 0.1) is 6.61 Å². The molecule has 16 heavy (non-hydrogen) atoms. The Labute approximate surface area is 95.3 Å². The lowest BCUT2D eigenvalue weighted by Gasteiger charge is -2.09. The predicted octanol–water partition coefficient (Wildman–Crippen LogP) is 1.65. The van der Waals surface area contributed by atoms with Crippen LogP contribution < -0.4 is 10.5 Å². The molecular weight excluding hydrogens is 206 g/mol. The number of esters is 1. The second kappa shape index (κ2) is 6.12. The standard InChI is InChI=1S/C12H17NO3/c1-3-15-12(14)8-16-11-6-4-5-10(7-11)9(2)13/h4-7,9H,3,8,13H2,1-2H3. The Morgan fingerprint density at radius 2 is 2.25 bits per heavy atom. The lowest BCUT2D eigenvalue weighted by atomic mass is 10.1. The van der Waals surface area contributed by atoms with E-state index in [2.05, 4.69) is 0 Å². The molecule has 4 nitrogen and oxygen atoms in total. The van der Waals surface area contributed by atoms with Crippen molar-refractivity contribution in [2.45, 2.75) is 19.9 Å². The van der Waals surface area contributed by atoms with E-state index in [1.807, 2.05) is 25.1 Å². The zero-order chi connectivity index (χ0) is 12.0. The molecule has 0 aliphatic carbocycles. The van der Waals surface area contributed by atoms with Gasteiger partial charge >= 0.3 is 5.97 Å². The van der Waals surface area contributed by atoms with Crippen molar-refractivity contribution >= 4 is 5.97 Å². The molecule has 0 fully saturated rings. The van der Waals surface area contributed by atoms with E-state index in [0.29, 0.717) is 12.4 Å². The van der Waals surface area contributed by atoms with Crippen LogP contribution in [0.2, 0.25) is 0 Å². The quantitative estimate of drug-likeness (QED) is 0.771. The van der Waals surface area contributed by atoms with Gasteiger partial charge in [0.15, 0.2) is 6.61 Å². The SMILES string of the molecule is CCOC(=O)COc1cccc(C(C)N)c1. The Morgan fingerprint density at radius 1 is 1.50 bits per heavy atom. The third kappa shape index (κ3) is 3.90. The smallest absolute Gasteiger partial charge is 0.344 e. The number of hydrogen-bond donors (Lipinski definition) is 1. The lowest BCUT2D eigenvalue weighted by Crippen LogP contribution is -2.14. The molecule has 1 unspecified atom stereocenters. The van der Waals surface area contributed by atoms with Gasteiger partial charge in [0.1, 0.15) is 5.75 Å². The van der Waals surface area contributed by atoms with E-state index < -0.39 is 0 Å². The largest absolute Gasteiger partial charge is 0.482 e. The maximum absolute atomic E-state index is 11.1. The number of rotatable bonds is 5. The van der Waals surface area contributed by atoms with Crippen molar-refractivity contribution in [1.82, 2.24) is 0 Å². The van der Waals surface area contributed by atoms with Crippen LogP contribution in [0, 0.1) is 0 Å². The van der Waals surface area contributed by atoms with Crippen molar-refractivity contribution < 1.29 is 14.3 Å². The molecule has 0 aliphatic rings. The van der Waals surface area contributed by atoms with Crippen molar-refractivity contribution in [3.8, 4) is 5.75 Å². The third-order valence-electron chi connectivity index (χ3n) is 2.05. The van der Waals surface area contributed by atoms with Crippen LogP contribution in [0.5, 0.6) is 5.75 Å². The molecule has 1 rings (SSSR count). The van der Waals surface area contributed by atoms with Gasteiger partial charge < -0.3 is 15.2 Å². The molecule has 0 amide bonds. The summed E-state index contributed by atoms with van der Waals surface area (Å²) < 4.78 is 10.0. The summed E-state index contributed by atoms with van der Waals surface area (Å²) >= 11 is 0. The van der Waals surface area contributed by atoms with Crippen LogP contribution in [0.1, 0.15) is 25.5 Å². The molecule has 0 radical (unpaired) electrons. The summed E-state index contributed by atoms with van der Waals surface area (Å²) in [6, 6.07) is 7.32. The van der Waals surface area contributed by atoms with E-state index >= 15 is 0 Å². The number of benzene rings is 1. The monoisotopic (exact) mass is 223 g/mol. The Kier molecular flexibility index (Phi) is 4.79. The van der Waals surface area contributed by atoms with E-state index in [4.69, 9.17) is 15.2 Å². The van der Waals surface area contributed by atoms with Gasteiger partial charge in [-0.25, -0.2) is 4.79 Å². The van der Waals surface area contributed by atoms with Crippen molar-refractivity contribution in [1.29, 1.82) is 0 Å². The average molecular weight is 223 g/mol. The molecule has 0 aromatic heterocycles. The molecule has 1 atom stereocenters. The summed E-state index contributed by atoms with van der Waals surface area (Å²) in [5.41, 5.74) is 6.71. The van der Waals surface area contributed by atoms with E-state index in [1.54, 1.807) is 13.0 Å². The van der Waals surface area contributed by atoms with Gasteiger partial charge in [0.25, 0.3) is 0 Å². The zero-order valence-corrected chi connectivity index (χ0v) is 9.60. The Bertz CT molecular complexity index is 350. The minimum absolute atomic E-state index is 0.0499. The highest BCUT2D eigenvalue weighted by atomic mass is 16.6. The summed E-state index contributed by atoms with van der Waals surface area (Å²) in [7, 11) is 0. The van der Waals surface area contributed by atoms with Gasteiger partial charge in [-0.15, -0.1) is 0 Å². The van der Waals surface area contributed by atoms with Crippen molar-refractivity contribution in [2.24, 2.45) is 5.73 Å². The second-order valence-corrected chi connectivity index (χ2v) is 3.45. The summed E-state index contributed by atoms with van der Waals surface area (Å²) in [5, 5.41) is 0. The fourth-order valence-corrected chi connectivity index (χ4v) is 1.23. The lowest BCUT2D eigenvalue weighted by molar-refractivity contribution is -0.145. The zero-order valence-electron chi connectivity index (χ0n) is 9.60. The molecular formula is C12H17NO3. The molecule has 0 aliphatic heterocycles. The first-order valence-electron chi connectivity index (χ1n) is 5.27. The Morgan fingerprint density at radius 3 is 2.88 bits per heavy atom. The van der Waals surface area contributed by atoms with Crippen LogP contribution in [0.3, 0.4) is 0 Å². The first-order valence-corrected chi connectivity index (χ1v) is 5.27. The van der Waals surface area contributed by atoms with Crippen LogP contribution in [0.4, 0.5) is 0 Å². The number of hydrogen-bond acceptors (Lipinski definition) is 4. The fraction of sp³-hybridized carbons (Fsp3) is 0.417. The van der Waals surface area contributed by atoms with Crippen LogP contribution >= 0.6 is 0 Å². The normalized spacial score (nSPS) is 11.9. The Hall–Kier alpha value is -1.55. The van der Waals surface area contributed by atoms with Crippen molar-refractivity contribution in [3.63, 3.8) is 0 Å². The van der Waals surface area contributed by atoms with Crippen molar-refractivity contribution in [2.75, 3.05) is 13.2 Å². The van der Waals surface area contributed by atoms with Gasteiger partial charge in [-0.05, 0) is 31.5 Å². The van der Waals surface area contributed by atoms with Crippen LogP contribution in [-0.2, 0) is 9.53 Å². The summed E-state index contributed by atoms with van der Waals surface area (Å²) in [6.45, 7) is 3.94. The van der Waals surface area contributed by atoms with Gasteiger partial charge in [-0.2, -0.15) is 0 Å². The molecule has 4 heteroatoms. The summed E-state index contributed by atoms with van der Waals surface area (Å²) in [4.78, 5) is 11.1. The third-order valence-corrected chi connectivity index (χ3v) is 2.05. The number of carbonyl (C=O) groups excluding carboxylic acids is 1. The predicted molar refractivity (Wildman–Crippen MR) is 61.2 cm³/mol. The van der Waals surface area contributed by atoms with Gasteiger partial charge in [-0.1, -0.05) is 12.1 Å². The highest BCUT2D eigenvalue weighted by Gasteiger charge is 2.04. The first-order chi connectivity index (χ1) is 7.63. The number of carbonyl (C=O) groups is 1. The van der Waals surface area contributed by atoms with Gasteiger partial charge in [0, 0.05) is 6.04 Å². The van der Waals surface area contributed by atoms with Crippen LogP contribution in [-0.4, -0.2) is 19.2 Å². The summed E-state index contributed by atoms with van der Waals surface area (Å²) in [6.07, 6.45) is 0. The molecule has 0 heterocycles. The maximum atomic E-state index is 11.1. The van der Waals surface area contributed by atoms with E-state index in [-0.39, 0.29) is 18.6 Å². The first kappa shape index (κ1) is 12.5. The topological polar surface area (TPSA) is 61.5 Å². The van der Waals surface area contributed by atoms with Gasteiger partial charge in [-0.3, -0.25) is 0 Å². The number of ether oxygens (including phenoxy) is 2. The van der Waals surface area contributed by atoms with Crippen molar-refractivity contribution in [3.05, 3.63) is 29.8 Å². The number of nitrogens with two attached hydrogens (primary N) is 1. The molecule has 1 aromatic carbocycles. The van der Waals surface area contributed by atoms with E-state index in [1.165, 1.54) is 0 Å². The fourth-order valence-electron chi connectivity index (χ4n) is 1.23. The highest BCUT2D eigenvalue weighted by Crippen LogP contribution is 2.17. The van der Waals surface area contributed by atoms with E-state index in [0.717, 1.165) is 5.56 Å².